The number of hydrogen-bond donors (Lipinski definition) is 0. The molecule has 0 N–H and O–H groups in total. The van der Waals surface area contributed by atoms with Crippen LogP contribution in [0, 0.1) is 0 Å². The van der Waals surface area contributed by atoms with E-state index < -0.39 is 0 Å². The molecular weight excluding hydrogens is 328 g/mol. The number of halogens is 1. The van der Waals surface area contributed by atoms with E-state index in [1.807, 2.05) is 25.1 Å². The summed E-state index contributed by atoms with van der Waals surface area (Å²) in [7, 11) is 3.34. The monoisotopic (exact) mass is 348 g/mol. The van der Waals surface area contributed by atoms with E-state index in [0.29, 0.717) is 17.3 Å². The number of aromatic nitrogens is 2. The fourth-order valence-corrected chi connectivity index (χ4v) is 2.42. The Kier molecular flexibility index (Phi) is 5.98. The van der Waals surface area contributed by atoms with Crippen LogP contribution in [0.15, 0.2) is 36.5 Å². The van der Waals surface area contributed by atoms with Crippen molar-refractivity contribution < 1.29 is 9.59 Å². The fourth-order valence-electron chi connectivity index (χ4n) is 2.20. The molecule has 0 radical (unpaired) electrons. The first-order chi connectivity index (χ1) is 11.4. The minimum absolute atomic E-state index is 0.0403. The Labute approximate surface area is 146 Å². The van der Waals surface area contributed by atoms with E-state index in [2.05, 4.69) is 5.10 Å². The Morgan fingerprint density at radius 3 is 2.54 bits per heavy atom. The second kappa shape index (κ2) is 7.97. The molecule has 7 heteroatoms. The lowest BCUT2D eigenvalue weighted by molar-refractivity contribution is -0.129. The number of para-hydroxylation sites is 1. The molecule has 6 nitrogen and oxygen atoms in total. The lowest BCUT2D eigenvalue weighted by Crippen LogP contribution is -2.40. The Bertz CT molecular complexity index is 727. The number of likely N-dealkylation sites (N-methyl/N-ethyl adjacent to an activating group) is 1. The van der Waals surface area contributed by atoms with Crippen LogP contribution in [0.1, 0.15) is 23.8 Å². The van der Waals surface area contributed by atoms with Crippen molar-refractivity contribution in [1.82, 2.24) is 19.6 Å². The first-order valence-electron chi connectivity index (χ1n) is 7.74. The predicted molar refractivity (Wildman–Crippen MR) is 93.5 cm³/mol. The molecule has 0 aliphatic rings. The summed E-state index contributed by atoms with van der Waals surface area (Å²) in [6, 6.07) is 8.90. The molecule has 0 unspecified atom stereocenters. The molecular formula is C17H21ClN4O2. The van der Waals surface area contributed by atoms with Gasteiger partial charge in [-0.05, 0) is 24.6 Å². The molecule has 0 fully saturated rings. The molecule has 1 aromatic carbocycles. The maximum Gasteiger partial charge on any atom is 0.274 e. The van der Waals surface area contributed by atoms with Crippen LogP contribution in [0.4, 0.5) is 0 Å². The summed E-state index contributed by atoms with van der Waals surface area (Å²) < 4.78 is 1.56. The number of carbonyl (C=O) groups excluding carboxylic acids is 2. The first-order valence-corrected chi connectivity index (χ1v) is 8.11. The van der Waals surface area contributed by atoms with Crippen LogP contribution in [0.25, 0.3) is 5.69 Å². The summed E-state index contributed by atoms with van der Waals surface area (Å²) in [5.41, 5.74) is 0.986. The minimum atomic E-state index is -0.266. The summed E-state index contributed by atoms with van der Waals surface area (Å²) in [6.07, 6.45) is 2.45. The van der Waals surface area contributed by atoms with Gasteiger partial charge in [-0.25, -0.2) is 4.68 Å². The molecule has 0 aliphatic heterocycles. The van der Waals surface area contributed by atoms with Crippen LogP contribution in [-0.4, -0.2) is 58.6 Å². The van der Waals surface area contributed by atoms with Crippen molar-refractivity contribution in [3.8, 4) is 5.69 Å². The molecule has 0 saturated heterocycles. The molecule has 0 aliphatic carbocycles. The number of amides is 2. The second-order valence-corrected chi connectivity index (χ2v) is 6.02. The zero-order valence-electron chi connectivity index (χ0n) is 14.1. The molecule has 0 atom stereocenters. The van der Waals surface area contributed by atoms with Gasteiger partial charge in [-0.15, -0.1) is 0 Å². The van der Waals surface area contributed by atoms with Gasteiger partial charge < -0.3 is 9.80 Å². The molecule has 1 heterocycles. The smallest absolute Gasteiger partial charge is 0.274 e. The van der Waals surface area contributed by atoms with Gasteiger partial charge in [0.25, 0.3) is 5.91 Å². The van der Waals surface area contributed by atoms with E-state index >= 15 is 0 Å². The van der Waals surface area contributed by atoms with Crippen molar-refractivity contribution in [2.45, 2.75) is 13.3 Å². The molecule has 1 aromatic heterocycles. The Balaban J connectivity index is 2.22. The third kappa shape index (κ3) is 4.14. The summed E-state index contributed by atoms with van der Waals surface area (Å²) in [4.78, 5) is 27.6. The second-order valence-electron chi connectivity index (χ2n) is 5.61. The Morgan fingerprint density at radius 2 is 1.92 bits per heavy atom. The highest BCUT2D eigenvalue weighted by molar-refractivity contribution is 6.32. The van der Waals surface area contributed by atoms with Gasteiger partial charge in [-0.1, -0.05) is 30.7 Å². The zero-order valence-corrected chi connectivity index (χ0v) is 14.8. The topological polar surface area (TPSA) is 58.4 Å². The lowest BCUT2D eigenvalue weighted by atomic mass is 10.3. The number of nitrogens with zero attached hydrogens (tertiary/aromatic N) is 4. The summed E-state index contributed by atoms with van der Waals surface area (Å²) >= 11 is 6.16. The van der Waals surface area contributed by atoms with Gasteiger partial charge in [0.1, 0.15) is 6.54 Å². The molecule has 24 heavy (non-hydrogen) atoms. The van der Waals surface area contributed by atoms with Crippen LogP contribution >= 0.6 is 11.6 Å². The highest BCUT2D eigenvalue weighted by Gasteiger charge is 2.21. The molecule has 128 valence electrons. The van der Waals surface area contributed by atoms with Crippen LogP contribution in [-0.2, 0) is 4.79 Å². The van der Waals surface area contributed by atoms with Crippen molar-refractivity contribution in [3.05, 3.63) is 47.2 Å². The van der Waals surface area contributed by atoms with E-state index in [4.69, 9.17) is 11.6 Å². The fraction of sp³-hybridized carbons (Fsp3) is 0.353. The first kappa shape index (κ1) is 18.0. The summed E-state index contributed by atoms with van der Waals surface area (Å²) in [5, 5.41) is 4.86. The van der Waals surface area contributed by atoms with Crippen molar-refractivity contribution in [3.63, 3.8) is 0 Å². The highest BCUT2D eigenvalue weighted by Crippen LogP contribution is 2.19. The van der Waals surface area contributed by atoms with Gasteiger partial charge in [0, 0.05) is 26.8 Å². The lowest BCUT2D eigenvalue weighted by Gasteiger charge is -2.22. The standard InChI is InChI=1S/C17H21ClN4O2/c1-4-10-21(12-16(23)20(2)3)17(24)14-9-11-22(19-14)15-8-6-5-7-13(15)18/h5-9,11H,4,10,12H2,1-3H3. The molecule has 2 aromatic rings. The quantitative estimate of drug-likeness (QED) is 0.805. The number of rotatable bonds is 6. The highest BCUT2D eigenvalue weighted by atomic mass is 35.5. The van der Waals surface area contributed by atoms with E-state index in [0.717, 1.165) is 6.42 Å². The molecule has 2 rings (SSSR count). The van der Waals surface area contributed by atoms with Gasteiger partial charge in [-0.3, -0.25) is 9.59 Å². The normalized spacial score (nSPS) is 10.5. The number of benzene rings is 1. The SMILES string of the molecule is CCCN(CC(=O)N(C)C)C(=O)c1ccn(-c2ccccc2Cl)n1. The number of hydrogen-bond acceptors (Lipinski definition) is 3. The molecule has 0 bridgehead atoms. The van der Waals surface area contributed by atoms with Crippen LogP contribution in [0.5, 0.6) is 0 Å². The van der Waals surface area contributed by atoms with E-state index in [-0.39, 0.29) is 24.1 Å². The van der Waals surface area contributed by atoms with Gasteiger partial charge in [0.2, 0.25) is 5.91 Å². The van der Waals surface area contributed by atoms with E-state index in [9.17, 15) is 9.59 Å². The van der Waals surface area contributed by atoms with Crippen molar-refractivity contribution in [1.29, 1.82) is 0 Å². The van der Waals surface area contributed by atoms with Crippen LogP contribution in [0.2, 0.25) is 5.02 Å². The van der Waals surface area contributed by atoms with Gasteiger partial charge >= 0.3 is 0 Å². The van der Waals surface area contributed by atoms with Crippen LogP contribution < -0.4 is 0 Å². The Morgan fingerprint density at radius 1 is 1.21 bits per heavy atom. The maximum absolute atomic E-state index is 12.7. The molecule has 2 amide bonds. The predicted octanol–water partition coefficient (Wildman–Crippen LogP) is 2.47. The average Bonchev–Trinajstić information content (AvgIpc) is 3.03. The van der Waals surface area contributed by atoms with Gasteiger partial charge in [0.05, 0.1) is 10.7 Å². The third-order valence-corrected chi connectivity index (χ3v) is 3.83. The third-order valence-electron chi connectivity index (χ3n) is 3.51. The largest absolute Gasteiger partial charge is 0.347 e. The minimum Gasteiger partial charge on any atom is -0.347 e. The van der Waals surface area contributed by atoms with Crippen molar-refractivity contribution >= 4 is 23.4 Å². The number of carbonyl (C=O) groups is 2. The van der Waals surface area contributed by atoms with Crippen molar-refractivity contribution in [2.75, 3.05) is 27.2 Å². The summed E-state index contributed by atoms with van der Waals surface area (Å²) in [6.45, 7) is 2.50. The summed E-state index contributed by atoms with van der Waals surface area (Å²) in [5.74, 6) is -0.389. The molecule has 0 spiro atoms. The van der Waals surface area contributed by atoms with E-state index in [1.165, 1.54) is 9.80 Å². The van der Waals surface area contributed by atoms with Gasteiger partial charge in [0.15, 0.2) is 5.69 Å². The van der Waals surface area contributed by atoms with Crippen molar-refractivity contribution in [2.24, 2.45) is 0 Å². The van der Waals surface area contributed by atoms with Crippen LogP contribution in [0.3, 0.4) is 0 Å². The molecule has 0 saturated carbocycles. The van der Waals surface area contributed by atoms with E-state index in [1.54, 1.807) is 37.1 Å². The zero-order chi connectivity index (χ0) is 17.7. The maximum atomic E-state index is 12.7. The average molecular weight is 349 g/mol. The van der Waals surface area contributed by atoms with Gasteiger partial charge in [-0.2, -0.15) is 5.10 Å². The Hall–Kier alpha value is -2.34.